The van der Waals surface area contributed by atoms with Crippen LogP contribution < -0.4 is 10.6 Å². The van der Waals surface area contributed by atoms with Gasteiger partial charge in [-0.15, -0.1) is 0 Å². The number of anilines is 1. The van der Waals surface area contributed by atoms with Crippen molar-refractivity contribution in [1.82, 2.24) is 15.1 Å². The number of nitrogens with zero attached hydrogens (tertiary/aromatic N) is 2. The van der Waals surface area contributed by atoms with Gasteiger partial charge in [0.1, 0.15) is 0 Å². The van der Waals surface area contributed by atoms with E-state index >= 15 is 0 Å². The zero-order valence-corrected chi connectivity index (χ0v) is 18.4. The third kappa shape index (κ3) is 5.96. The van der Waals surface area contributed by atoms with Crippen LogP contribution in [0, 0.1) is 6.92 Å². The number of hydrogen-bond acceptors (Lipinski definition) is 4. The molecular formula is C21H25ClN4O3S. The van der Waals surface area contributed by atoms with Gasteiger partial charge in [-0.1, -0.05) is 17.7 Å². The van der Waals surface area contributed by atoms with Crippen LogP contribution in [-0.4, -0.2) is 60.4 Å². The molecule has 0 aliphatic carbocycles. The van der Waals surface area contributed by atoms with E-state index in [-0.39, 0.29) is 17.8 Å². The molecule has 1 aromatic carbocycles. The van der Waals surface area contributed by atoms with Crippen LogP contribution in [-0.2, 0) is 4.79 Å². The highest BCUT2D eigenvalue weighted by Crippen LogP contribution is 2.20. The van der Waals surface area contributed by atoms with Crippen LogP contribution in [0.25, 0.3) is 0 Å². The van der Waals surface area contributed by atoms with Crippen LogP contribution in [0.3, 0.4) is 0 Å². The molecular weight excluding hydrogens is 424 g/mol. The molecule has 160 valence electrons. The Bertz CT molecular complexity index is 896. The van der Waals surface area contributed by atoms with E-state index in [1.165, 1.54) is 11.3 Å². The summed E-state index contributed by atoms with van der Waals surface area (Å²) in [5, 5.41) is 9.93. The molecule has 1 saturated heterocycles. The van der Waals surface area contributed by atoms with Gasteiger partial charge in [-0.25, -0.2) is 4.79 Å². The van der Waals surface area contributed by atoms with E-state index in [2.05, 4.69) is 10.6 Å². The Morgan fingerprint density at radius 1 is 1.10 bits per heavy atom. The van der Waals surface area contributed by atoms with Crippen LogP contribution >= 0.6 is 22.9 Å². The monoisotopic (exact) mass is 448 g/mol. The van der Waals surface area contributed by atoms with Crippen molar-refractivity contribution in [1.29, 1.82) is 0 Å². The quantitative estimate of drug-likeness (QED) is 0.662. The van der Waals surface area contributed by atoms with E-state index in [1.54, 1.807) is 27.3 Å². The van der Waals surface area contributed by atoms with E-state index in [0.29, 0.717) is 61.8 Å². The van der Waals surface area contributed by atoms with Gasteiger partial charge in [-0.3, -0.25) is 9.59 Å². The van der Waals surface area contributed by atoms with Crippen molar-refractivity contribution >= 4 is 46.5 Å². The smallest absolute Gasteiger partial charge is 0.321 e. The molecule has 1 fully saturated rings. The van der Waals surface area contributed by atoms with Crippen molar-refractivity contribution in [3.8, 4) is 0 Å². The third-order valence-electron chi connectivity index (χ3n) is 4.98. The fourth-order valence-corrected chi connectivity index (χ4v) is 3.94. The number of urea groups is 1. The summed E-state index contributed by atoms with van der Waals surface area (Å²) < 4.78 is 0. The summed E-state index contributed by atoms with van der Waals surface area (Å²) in [6, 6.07) is 6.98. The van der Waals surface area contributed by atoms with Gasteiger partial charge in [0.05, 0.1) is 0 Å². The van der Waals surface area contributed by atoms with Crippen molar-refractivity contribution in [3.05, 3.63) is 51.2 Å². The fraction of sp³-hybridized carbons (Fsp3) is 0.381. The lowest BCUT2D eigenvalue weighted by Crippen LogP contribution is -2.51. The summed E-state index contributed by atoms with van der Waals surface area (Å²) in [6.45, 7) is 4.33. The largest absolute Gasteiger partial charge is 0.352 e. The highest BCUT2D eigenvalue weighted by molar-refractivity contribution is 7.08. The molecule has 0 unspecified atom stereocenters. The molecule has 7 nitrogen and oxygen atoms in total. The van der Waals surface area contributed by atoms with Crippen LogP contribution in [0.1, 0.15) is 28.8 Å². The molecule has 9 heteroatoms. The van der Waals surface area contributed by atoms with E-state index in [9.17, 15) is 14.4 Å². The number of benzene rings is 1. The zero-order valence-electron chi connectivity index (χ0n) is 16.8. The van der Waals surface area contributed by atoms with Crippen LogP contribution in [0.2, 0.25) is 5.02 Å². The van der Waals surface area contributed by atoms with E-state index in [4.69, 9.17) is 11.6 Å². The predicted molar refractivity (Wildman–Crippen MR) is 119 cm³/mol. The van der Waals surface area contributed by atoms with E-state index < -0.39 is 0 Å². The van der Waals surface area contributed by atoms with Gasteiger partial charge < -0.3 is 20.4 Å². The first-order valence-electron chi connectivity index (χ1n) is 9.84. The number of amides is 4. The minimum Gasteiger partial charge on any atom is -0.352 e. The summed E-state index contributed by atoms with van der Waals surface area (Å²) in [5.74, 6) is -0.0663. The minimum atomic E-state index is -0.196. The third-order valence-corrected chi connectivity index (χ3v) is 6.07. The Kier molecular flexibility index (Phi) is 7.70. The maximum Gasteiger partial charge on any atom is 0.321 e. The lowest BCUT2D eigenvalue weighted by atomic mass is 10.2. The molecule has 0 radical (unpaired) electrons. The van der Waals surface area contributed by atoms with Crippen LogP contribution in [0.15, 0.2) is 35.0 Å². The summed E-state index contributed by atoms with van der Waals surface area (Å²) >= 11 is 7.57. The molecule has 2 N–H and O–H groups in total. The average molecular weight is 449 g/mol. The lowest BCUT2D eigenvalue weighted by molar-refractivity contribution is -0.132. The standard InChI is InChI=1S/C21H25ClN4O3S/c1-15-4-5-17(13-18(15)22)24-21(29)26-10-8-25(9-11-26)19(27)3-2-7-23-20(28)16-6-12-30-14-16/h4-6,12-14H,2-3,7-11H2,1H3,(H,23,28)(H,24,29). The number of hydrogen-bond donors (Lipinski definition) is 2. The topological polar surface area (TPSA) is 81.8 Å². The number of carbonyl (C=O) groups excluding carboxylic acids is 3. The Hall–Kier alpha value is -2.58. The molecule has 1 aliphatic rings. The fourth-order valence-electron chi connectivity index (χ4n) is 3.13. The van der Waals surface area contributed by atoms with Crippen LogP contribution in [0.5, 0.6) is 0 Å². The van der Waals surface area contributed by atoms with Crippen LogP contribution in [0.4, 0.5) is 10.5 Å². The number of piperazine rings is 1. The summed E-state index contributed by atoms with van der Waals surface area (Å²) in [4.78, 5) is 40.2. The number of nitrogens with one attached hydrogen (secondary N) is 2. The Labute approximate surface area is 185 Å². The molecule has 1 aliphatic heterocycles. The molecule has 0 atom stereocenters. The molecule has 2 aromatic rings. The average Bonchev–Trinajstić information content (AvgIpc) is 3.29. The predicted octanol–water partition coefficient (Wildman–Crippen LogP) is 3.60. The first-order valence-corrected chi connectivity index (χ1v) is 11.2. The Balaban J connectivity index is 1.36. The molecule has 0 spiro atoms. The first-order chi connectivity index (χ1) is 14.4. The van der Waals surface area contributed by atoms with Gasteiger partial charge >= 0.3 is 6.03 Å². The first kappa shape index (κ1) is 22.1. The normalized spacial score (nSPS) is 13.8. The van der Waals surface area contributed by atoms with Crippen molar-refractivity contribution in [2.45, 2.75) is 19.8 Å². The number of carbonyl (C=O) groups is 3. The highest BCUT2D eigenvalue weighted by atomic mass is 35.5. The summed E-state index contributed by atoms with van der Waals surface area (Å²) in [6.07, 6.45) is 0.960. The van der Waals surface area contributed by atoms with Gasteiger partial charge in [0.25, 0.3) is 5.91 Å². The van der Waals surface area contributed by atoms with Gasteiger partial charge in [-0.2, -0.15) is 11.3 Å². The zero-order chi connectivity index (χ0) is 21.5. The summed E-state index contributed by atoms with van der Waals surface area (Å²) in [7, 11) is 0. The molecule has 30 heavy (non-hydrogen) atoms. The number of aryl methyl sites for hydroxylation is 1. The Morgan fingerprint density at radius 2 is 1.83 bits per heavy atom. The van der Waals surface area contributed by atoms with Crippen molar-refractivity contribution in [2.75, 3.05) is 38.0 Å². The molecule has 2 heterocycles. The second-order valence-corrected chi connectivity index (χ2v) is 8.32. The maximum atomic E-state index is 12.4. The van der Waals surface area contributed by atoms with Crippen molar-refractivity contribution in [3.63, 3.8) is 0 Å². The molecule has 0 bridgehead atoms. The van der Waals surface area contributed by atoms with E-state index in [0.717, 1.165) is 5.56 Å². The number of thiophene rings is 1. The molecule has 1 aromatic heterocycles. The number of halogens is 1. The lowest BCUT2D eigenvalue weighted by Gasteiger charge is -2.34. The minimum absolute atomic E-state index is 0.0464. The maximum absolute atomic E-state index is 12.4. The SMILES string of the molecule is Cc1ccc(NC(=O)N2CCN(C(=O)CCCNC(=O)c3ccsc3)CC2)cc1Cl. The molecule has 0 saturated carbocycles. The molecule has 3 rings (SSSR count). The summed E-state index contributed by atoms with van der Waals surface area (Å²) in [5.41, 5.74) is 2.25. The van der Waals surface area contributed by atoms with Gasteiger partial charge in [-0.05, 0) is 42.5 Å². The Morgan fingerprint density at radius 3 is 2.50 bits per heavy atom. The molecule has 4 amide bonds. The van der Waals surface area contributed by atoms with Gasteiger partial charge in [0.2, 0.25) is 5.91 Å². The highest BCUT2D eigenvalue weighted by Gasteiger charge is 2.24. The second-order valence-electron chi connectivity index (χ2n) is 7.13. The van der Waals surface area contributed by atoms with Crippen molar-refractivity contribution in [2.24, 2.45) is 0 Å². The second kappa shape index (κ2) is 10.4. The number of rotatable bonds is 6. The van der Waals surface area contributed by atoms with Gasteiger partial charge in [0, 0.05) is 60.8 Å². The van der Waals surface area contributed by atoms with E-state index in [1.807, 2.05) is 24.4 Å². The van der Waals surface area contributed by atoms with Gasteiger partial charge in [0.15, 0.2) is 0 Å². The van der Waals surface area contributed by atoms with Crippen molar-refractivity contribution < 1.29 is 14.4 Å².